The monoisotopic (exact) mass is 322 g/mol. The molecule has 0 fully saturated rings. The van der Waals surface area contributed by atoms with E-state index < -0.39 is 0 Å². The number of carbonyl (C=O) groups excluding carboxylic acids is 2. The third-order valence-electron chi connectivity index (χ3n) is 3.45. The summed E-state index contributed by atoms with van der Waals surface area (Å²) in [7, 11) is 0. The molecule has 0 atom stereocenters. The Morgan fingerprint density at radius 3 is 2.26 bits per heavy atom. The Hall–Kier alpha value is -2.04. The predicted molar refractivity (Wildman–Crippen MR) is 87.2 cm³/mol. The van der Waals surface area contributed by atoms with Crippen molar-refractivity contribution in [3.05, 3.63) is 29.3 Å². The molecular formula is C18H26O5. The topological polar surface area (TPSA) is 72.8 Å². The Balaban J connectivity index is 2.43. The first kappa shape index (κ1) is 19.0. The van der Waals surface area contributed by atoms with Gasteiger partial charge in [0.1, 0.15) is 5.75 Å². The molecule has 0 bridgehead atoms. The number of aryl methyl sites for hydroxylation is 2. The summed E-state index contributed by atoms with van der Waals surface area (Å²) in [6.07, 6.45) is 3.63. The van der Waals surface area contributed by atoms with Gasteiger partial charge in [-0.25, -0.2) is 0 Å². The number of hydrogen-bond donors (Lipinski definition) is 1. The van der Waals surface area contributed by atoms with Crippen LogP contribution >= 0.6 is 0 Å². The number of ether oxygens (including phenoxy) is 2. The summed E-state index contributed by atoms with van der Waals surface area (Å²) in [4.78, 5) is 22.6. The fourth-order valence-corrected chi connectivity index (χ4v) is 2.30. The summed E-state index contributed by atoms with van der Waals surface area (Å²) in [5.41, 5.74) is 1.84. The van der Waals surface area contributed by atoms with Crippen molar-refractivity contribution in [2.75, 3.05) is 13.2 Å². The van der Waals surface area contributed by atoms with Gasteiger partial charge in [0.15, 0.2) is 0 Å². The van der Waals surface area contributed by atoms with E-state index in [0.29, 0.717) is 26.1 Å². The molecule has 23 heavy (non-hydrogen) atoms. The Labute approximate surface area is 137 Å². The molecule has 0 aliphatic carbocycles. The van der Waals surface area contributed by atoms with E-state index in [-0.39, 0.29) is 24.1 Å². The molecule has 0 saturated carbocycles. The maximum absolute atomic E-state index is 11.4. The lowest BCUT2D eigenvalue weighted by atomic mass is 10.0. The fourth-order valence-electron chi connectivity index (χ4n) is 2.30. The minimum Gasteiger partial charge on any atom is -0.508 e. The normalized spacial score (nSPS) is 10.3. The molecule has 1 N–H and O–H groups in total. The molecule has 1 aromatic rings. The molecule has 1 aromatic carbocycles. The van der Waals surface area contributed by atoms with E-state index in [1.807, 2.05) is 12.1 Å². The van der Waals surface area contributed by atoms with E-state index in [4.69, 9.17) is 9.47 Å². The molecule has 128 valence electrons. The van der Waals surface area contributed by atoms with Crippen LogP contribution in [0.4, 0.5) is 0 Å². The van der Waals surface area contributed by atoms with Crippen LogP contribution in [0.2, 0.25) is 0 Å². The van der Waals surface area contributed by atoms with E-state index in [9.17, 15) is 14.7 Å². The zero-order chi connectivity index (χ0) is 17.1. The van der Waals surface area contributed by atoms with Gasteiger partial charge in [-0.2, -0.15) is 0 Å². The summed E-state index contributed by atoms with van der Waals surface area (Å²) in [6, 6.07) is 5.44. The standard InChI is InChI=1S/C18H26O5/c1-3-22-17(20)8-6-5-7-14-9-11-16(19)15(13-14)10-12-18(21)23-4-2/h9,11,13,19H,3-8,10,12H2,1-2H3. The zero-order valence-corrected chi connectivity index (χ0v) is 14.0. The summed E-state index contributed by atoms with van der Waals surface area (Å²) >= 11 is 0. The lowest BCUT2D eigenvalue weighted by Crippen LogP contribution is -2.05. The zero-order valence-electron chi connectivity index (χ0n) is 14.0. The Morgan fingerprint density at radius 1 is 0.957 bits per heavy atom. The largest absolute Gasteiger partial charge is 0.508 e. The van der Waals surface area contributed by atoms with Crippen molar-refractivity contribution >= 4 is 11.9 Å². The highest BCUT2D eigenvalue weighted by molar-refractivity contribution is 5.70. The maximum atomic E-state index is 11.4. The number of phenolic OH excluding ortho intramolecular Hbond substituents is 1. The van der Waals surface area contributed by atoms with Crippen LogP contribution in [0.3, 0.4) is 0 Å². The number of rotatable bonds is 10. The molecule has 0 aliphatic heterocycles. The molecule has 0 saturated heterocycles. The minimum atomic E-state index is -0.258. The molecule has 5 nitrogen and oxygen atoms in total. The van der Waals surface area contributed by atoms with Crippen molar-refractivity contribution in [2.45, 2.75) is 52.4 Å². The highest BCUT2D eigenvalue weighted by Gasteiger charge is 2.08. The molecule has 0 spiro atoms. The first-order valence-electron chi connectivity index (χ1n) is 8.18. The summed E-state index contributed by atoms with van der Waals surface area (Å²) in [6.45, 7) is 4.35. The van der Waals surface area contributed by atoms with Crippen molar-refractivity contribution < 1.29 is 24.2 Å². The summed E-state index contributed by atoms with van der Waals surface area (Å²) in [5.74, 6) is -0.218. The average Bonchev–Trinajstić information content (AvgIpc) is 2.52. The Bertz CT molecular complexity index is 510. The van der Waals surface area contributed by atoms with Crippen LogP contribution in [0.15, 0.2) is 18.2 Å². The van der Waals surface area contributed by atoms with Crippen molar-refractivity contribution in [1.29, 1.82) is 0 Å². The van der Waals surface area contributed by atoms with Gasteiger partial charge in [0.05, 0.1) is 13.2 Å². The fraction of sp³-hybridized carbons (Fsp3) is 0.556. The van der Waals surface area contributed by atoms with Crippen LogP contribution in [0.5, 0.6) is 5.75 Å². The number of aromatic hydroxyl groups is 1. The average molecular weight is 322 g/mol. The first-order valence-corrected chi connectivity index (χ1v) is 8.18. The van der Waals surface area contributed by atoms with Crippen LogP contribution in [0.25, 0.3) is 0 Å². The van der Waals surface area contributed by atoms with Crippen molar-refractivity contribution in [3.8, 4) is 5.75 Å². The third kappa shape index (κ3) is 7.68. The van der Waals surface area contributed by atoms with Gasteiger partial charge in [-0.1, -0.05) is 12.1 Å². The molecule has 5 heteroatoms. The predicted octanol–water partition coefficient (Wildman–Crippen LogP) is 3.16. The first-order chi connectivity index (χ1) is 11.1. The number of esters is 2. The van der Waals surface area contributed by atoms with Crippen LogP contribution in [0.1, 0.15) is 50.7 Å². The van der Waals surface area contributed by atoms with Gasteiger partial charge in [0.25, 0.3) is 0 Å². The third-order valence-corrected chi connectivity index (χ3v) is 3.45. The molecule has 1 rings (SSSR count). The molecular weight excluding hydrogens is 296 g/mol. The number of unbranched alkanes of at least 4 members (excludes halogenated alkanes) is 1. The van der Waals surface area contributed by atoms with Crippen molar-refractivity contribution in [1.82, 2.24) is 0 Å². The van der Waals surface area contributed by atoms with Gasteiger partial charge in [0.2, 0.25) is 0 Å². The number of carbonyl (C=O) groups is 2. The van der Waals surface area contributed by atoms with E-state index in [2.05, 4.69) is 0 Å². The minimum absolute atomic E-state index is 0.159. The molecule has 0 heterocycles. The SMILES string of the molecule is CCOC(=O)CCCCc1ccc(O)c(CCC(=O)OCC)c1. The van der Waals surface area contributed by atoms with E-state index in [1.165, 1.54) is 0 Å². The van der Waals surface area contributed by atoms with E-state index >= 15 is 0 Å². The molecule has 0 unspecified atom stereocenters. The second-order valence-electron chi connectivity index (χ2n) is 5.28. The summed E-state index contributed by atoms with van der Waals surface area (Å²) in [5, 5.41) is 9.87. The smallest absolute Gasteiger partial charge is 0.306 e. The van der Waals surface area contributed by atoms with Gasteiger partial charge >= 0.3 is 11.9 Å². The molecule has 0 aliphatic rings. The number of hydrogen-bond acceptors (Lipinski definition) is 5. The van der Waals surface area contributed by atoms with E-state index in [1.54, 1.807) is 19.9 Å². The maximum Gasteiger partial charge on any atom is 0.306 e. The molecule has 0 amide bonds. The van der Waals surface area contributed by atoms with Crippen LogP contribution in [-0.2, 0) is 31.9 Å². The van der Waals surface area contributed by atoms with Crippen LogP contribution in [0, 0.1) is 0 Å². The quantitative estimate of drug-likeness (QED) is 0.529. The van der Waals surface area contributed by atoms with E-state index in [0.717, 1.165) is 30.4 Å². The lowest BCUT2D eigenvalue weighted by molar-refractivity contribution is -0.144. The van der Waals surface area contributed by atoms with Crippen LogP contribution < -0.4 is 0 Å². The van der Waals surface area contributed by atoms with Gasteiger partial charge in [-0.05, 0) is 56.7 Å². The second kappa shape index (κ2) is 10.6. The number of benzene rings is 1. The van der Waals surface area contributed by atoms with Gasteiger partial charge in [-0.15, -0.1) is 0 Å². The Kier molecular flexibility index (Phi) is 8.80. The van der Waals surface area contributed by atoms with Crippen molar-refractivity contribution in [2.24, 2.45) is 0 Å². The molecule has 0 aromatic heterocycles. The molecule has 0 radical (unpaired) electrons. The second-order valence-corrected chi connectivity index (χ2v) is 5.28. The van der Waals surface area contributed by atoms with Crippen LogP contribution in [-0.4, -0.2) is 30.3 Å². The van der Waals surface area contributed by atoms with Gasteiger partial charge in [0, 0.05) is 12.8 Å². The highest BCUT2D eigenvalue weighted by atomic mass is 16.5. The van der Waals surface area contributed by atoms with Crippen molar-refractivity contribution in [3.63, 3.8) is 0 Å². The number of phenols is 1. The van der Waals surface area contributed by atoms with Gasteiger partial charge < -0.3 is 14.6 Å². The van der Waals surface area contributed by atoms with Gasteiger partial charge in [-0.3, -0.25) is 9.59 Å². The Morgan fingerprint density at radius 2 is 1.61 bits per heavy atom. The lowest BCUT2D eigenvalue weighted by Gasteiger charge is -2.08. The highest BCUT2D eigenvalue weighted by Crippen LogP contribution is 2.21. The summed E-state index contributed by atoms with van der Waals surface area (Å²) < 4.78 is 9.78.